The van der Waals surface area contributed by atoms with Gasteiger partial charge in [-0.3, -0.25) is 0 Å². The van der Waals surface area contributed by atoms with E-state index < -0.39 is 0 Å². The molecule has 0 atom stereocenters. The zero-order chi connectivity index (χ0) is 20.4. The Morgan fingerprint density at radius 2 is 1.52 bits per heavy atom. The smallest absolute Gasteiger partial charge is 0.224 e. The van der Waals surface area contributed by atoms with E-state index in [0.717, 1.165) is 45.5 Å². The molecule has 0 saturated heterocycles. The Kier molecular flexibility index (Phi) is 6.66. The van der Waals surface area contributed by atoms with Crippen molar-refractivity contribution < 1.29 is 4.39 Å². The number of thioether (sulfide) groups is 2. The predicted octanol–water partition coefficient (Wildman–Crippen LogP) is 6.09. The summed E-state index contributed by atoms with van der Waals surface area (Å²) in [5, 5.41) is 4.04. The maximum Gasteiger partial charge on any atom is 0.224 e. The lowest BCUT2D eigenvalue weighted by atomic mass is 10.3. The lowest BCUT2D eigenvalue weighted by Gasteiger charge is -2.09. The van der Waals surface area contributed by atoms with Crippen molar-refractivity contribution in [2.45, 2.75) is 22.6 Å². The number of nitrogens with one attached hydrogen (secondary N) is 1. The van der Waals surface area contributed by atoms with E-state index >= 15 is 0 Å². The lowest BCUT2D eigenvalue weighted by molar-refractivity contribution is 0.628. The van der Waals surface area contributed by atoms with Crippen LogP contribution in [-0.4, -0.2) is 31.4 Å². The van der Waals surface area contributed by atoms with Gasteiger partial charge in [0.2, 0.25) is 10.6 Å². The monoisotopic (exact) mass is 487 g/mol. The van der Waals surface area contributed by atoms with E-state index in [1.165, 1.54) is 12.1 Å². The summed E-state index contributed by atoms with van der Waals surface area (Å²) in [6, 6.07) is 6.25. The maximum absolute atomic E-state index is 13.1. The summed E-state index contributed by atoms with van der Waals surface area (Å²) in [5.41, 5.74) is 2.60. The number of halogens is 4. The minimum atomic E-state index is -0.288. The van der Waals surface area contributed by atoms with Crippen molar-refractivity contribution in [3.63, 3.8) is 0 Å². The Morgan fingerprint density at radius 1 is 0.862 bits per heavy atom. The molecular weight excluding hydrogens is 476 g/mol. The van der Waals surface area contributed by atoms with E-state index in [0.29, 0.717) is 16.7 Å². The van der Waals surface area contributed by atoms with E-state index in [9.17, 15) is 4.39 Å². The van der Waals surface area contributed by atoms with Crippen LogP contribution in [0.1, 0.15) is 11.4 Å². The van der Waals surface area contributed by atoms with Crippen LogP contribution in [0.5, 0.6) is 0 Å². The zero-order valence-corrected chi connectivity index (χ0v) is 18.7. The van der Waals surface area contributed by atoms with Crippen molar-refractivity contribution in [1.82, 2.24) is 19.9 Å². The minimum Gasteiger partial charge on any atom is -0.339 e. The first-order valence-corrected chi connectivity index (χ1v) is 11.7. The fourth-order valence-corrected chi connectivity index (χ4v) is 5.62. The second-order valence-corrected chi connectivity index (χ2v) is 9.25. The maximum atomic E-state index is 13.1. The first kappa shape index (κ1) is 20.9. The molecule has 3 aromatic rings. The third-order valence-corrected chi connectivity index (χ3v) is 7.01. The topological polar surface area (TPSA) is 63.6 Å². The highest BCUT2D eigenvalue weighted by Crippen LogP contribution is 2.37. The average molecular weight is 489 g/mol. The van der Waals surface area contributed by atoms with Crippen LogP contribution in [0, 0.1) is 5.82 Å². The van der Waals surface area contributed by atoms with Gasteiger partial charge in [-0.2, -0.15) is 4.98 Å². The van der Waals surface area contributed by atoms with Gasteiger partial charge in [0, 0.05) is 30.0 Å². The van der Waals surface area contributed by atoms with Gasteiger partial charge in [0.05, 0.1) is 21.2 Å². The molecule has 1 aromatic carbocycles. The van der Waals surface area contributed by atoms with Crippen molar-refractivity contribution >= 4 is 69.8 Å². The van der Waals surface area contributed by atoms with E-state index in [1.807, 2.05) is 0 Å². The Labute approximate surface area is 190 Å². The van der Waals surface area contributed by atoms with Gasteiger partial charge in [0.25, 0.3) is 0 Å². The van der Waals surface area contributed by atoms with E-state index in [2.05, 4.69) is 25.3 Å². The summed E-state index contributed by atoms with van der Waals surface area (Å²) >= 11 is 20.7. The van der Waals surface area contributed by atoms with Crippen LogP contribution in [-0.2, 0) is 12.8 Å². The standard InChI is InChI=1S/C12H9ClFN3S.C6H4Cl2N2S/c13-12-16-9-4-5-18-10(9)11(17-12)15-8-3-1-2-7(14)6-8;7-5-4-3(1-2-11-4)9-6(8)10-5/h1-3,6H,4-5H2,(H,15,16,17);1-2H2. The van der Waals surface area contributed by atoms with Crippen molar-refractivity contribution in [3.05, 3.63) is 57.2 Å². The van der Waals surface area contributed by atoms with Crippen molar-refractivity contribution in [3.8, 4) is 0 Å². The molecule has 11 heteroatoms. The molecular formula is C18H13Cl3FN5S2. The summed E-state index contributed by atoms with van der Waals surface area (Å²) in [6.45, 7) is 0. The number of aromatic nitrogens is 4. The molecule has 2 aromatic heterocycles. The summed E-state index contributed by atoms with van der Waals surface area (Å²) < 4.78 is 13.1. The number of benzene rings is 1. The average Bonchev–Trinajstić information content (AvgIpc) is 3.31. The molecule has 5 nitrogen and oxygen atoms in total. The molecule has 0 aliphatic carbocycles. The molecule has 0 amide bonds. The summed E-state index contributed by atoms with van der Waals surface area (Å²) in [7, 11) is 0. The van der Waals surface area contributed by atoms with E-state index in [4.69, 9.17) is 34.8 Å². The molecule has 29 heavy (non-hydrogen) atoms. The molecule has 0 unspecified atom stereocenters. The highest BCUT2D eigenvalue weighted by molar-refractivity contribution is 8.00. The molecule has 150 valence electrons. The fourth-order valence-electron chi connectivity index (χ4n) is 2.83. The Morgan fingerprint density at radius 3 is 2.24 bits per heavy atom. The van der Waals surface area contributed by atoms with Gasteiger partial charge in [0.1, 0.15) is 16.8 Å². The second kappa shape index (κ2) is 9.22. The molecule has 2 aliphatic heterocycles. The summed E-state index contributed by atoms with van der Waals surface area (Å²) in [5.74, 6) is 2.37. The van der Waals surface area contributed by atoms with Gasteiger partial charge >= 0.3 is 0 Å². The van der Waals surface area contributed by atoms with Gasteiger partial charge in [0.15, 0.2) is 0 Å². The molecule has 0 radical (unpaired) electrons. The van der Waals surface area contributed by atoms with Crippen LogP contribution in [0.4, 0.5) is 15.9 Å². The van der Waals surface area contributed by atoms with Gasteiger partial charge in [-0.05, 0) is 41.4 Å². The van der Waals surface area contributed by atoms with E-state index in [-0.39, 0.29) is 16.4 Å². The molecule has 5 rings (SSSR count). The van der Waals surface area contributed by atoms with E-state index in [1.54, 1.807) is 35.7 Å². The quantitative estimate of drug-likeness (QED) is 0.346. The Balaban J connectivity index is 0.000000159. The largest absolute Gasteiger partial charge is 0.339 e. The molecule has 0 fully saturated rings. The van der Waals surface area contributed by atoms with Crippen LogP contribution in [0.15, 0.2) is 34.1 Å². The van der Waals surface area contributed by atoms with Crippen LogP contribution in [0.25, 0.3) is 0 Å². The van der Waals surface area contributed by atoms with Crippen LogP contribution >= 0.6 is 58.3 Å². The van der Waals surface area contributed by atoms with Gasteiger partial charge in [-0.25, -0.2) is 19.3 Å². The number of nitrogens with zero attached hydrogens (tertiary/aromatic N) is 4. The zero-order valence-electron chi connectivity index (χ0n) is 14.8. The van der Waals surface area contributed by atoms with Gasteiger partial charge in [-0.15, -0.1) is 23.5 Å². The van der Waals surface area contributed by atoms with Crippen LogP contribution < -0.4 is 5.32 Å². The molecule has 0 bridgehead atoms. The summed E-state index contributed by atoms with van der Waals surface area (Å²) in [6.07, 6.45) is 1.84. The lowest BCUT2D eigenvalue weighted by Crippen LogP contribution is -2.00. The van der Waals surface area contributed by atoms with Crippen molar-refractivity contribution in [2.75, 3.05) is 16.8 Å². The predicted molar refractivity (Wildman–Crippen MR) is 118 cm³/mol. The molecule has 2 aliphatic rings. The Bertz CT molecular complexity index is 1070. The highest BCUT2D eigenvalue weighted by atomic mass is 35.5. The normalized spacial score (nSPS) is 14.1. The van der Waals surface area contributed by atoms with Crippen molar-refractivity contribution in [1.29, 1.82) is 0 Å². The van der Waals surface area contributed by atoms with Crippen LogP contribution in [0.3, 0.4) is 0 Å². The van der Waals surface area contributed by atoms with Crippen molar-refractivity contribution in [2.24, 2.45) is 0 Å². The number of anilines is 2. The Hall–Kier alpha value is -1.32. The number of hydrogen-bond donors (Lipinski definition) is 1. The molecule has 4 heterocycles. The number of aryl methyl sites for hydroxylation is 2. The third kappa shape index (κ3) is 5.06. The highest BCUT2D eigenvalue weighted by Gasteiger charge is 2.20. The molecule has 1 N–H and O–H groups in total. The first-order valence-electron chi connectivity index (χ1n) is 8.56. The third-order valence-electron chi connectivity index (χ3n) is 4.03. The number of rotatable bonds is 2. The number of fused-ring (bicyclic) bond motifs is 2. The SMILES string of the molecule is Clc1nc(Cl)c2c(n1)CCS2.Fc1cccc(Nc2nc(Cl)nc3c2SCC3)c1. The first-order chi connectivity index (χ1) is 14.0. The number of hydrogen-bond acceptors (Lipinski definition) is 7. The van der Waals surface area contributed by atoms with Crippen LogP contribution in [0.2, 0.25) is 15.7 Å². The molecule has 0 spiro atoms. The summed E-state index contributed by atoms with van der Waals surface area (Å²) in [4.78, 5) is 18.3. The van der Waals surface area contributed by atoms with Gasteiger partial charge < -0.3 is 5.32 Å². The second-order valence-electron chi connectivity index (χ2n) is 6.01. The fraction of sp³-hybridized carbons (Fsp3) is 0.222. The minimum absolute atomic E-state index is 0.218. The molecule has 0 saturated carbocycles. The van der Waals surface area contributed by atoms with Gasteiger partial charge in [-0.1, -0.05) is 17.7 Å².